The summed E-state index contributed by atoms with van der Waals surface area (Å²) >= 11 is 1.43. The van der Waals surface area contributed by atoms with Crippen molar-refractivity contribution in [3.8, 4) is 0 Å². The van der Waals surface area contributed by atoms with E-state index in [9.17, 15) is 4.79 Å². The van der Waals surface area contributed by atoms with E-state index in [-0.39, 0.29) is 5.91 Å². The van der Waals surface area contributed by atoms with Crippen molar-refractivity contribution in [1.29, 1.82) is 0 Å². The van der Waals surface area contributed by atoms with Gasteiger partial charge in [0.1, 0.15) is 16.7 Å². The van der Waals surface area contributed by atoms with E-state index in [4.69, 9.17) is 10.7 Å². The van der Waals surface area contributed by atoms with Gasteiger partial charge in [0.15, 0.2) is 11.6 Å². The zero-order chi connectivity index (χ0) is 22.1. The molecule has 1 aliphatic rings. The number of aromatic nitrogens is 5. The fourth-order valence-corrected chi connectivity index (χ4v) is 4.16. The van der Waals surface area contributed by atoms with Crippen LogP contribution >= 0.6 is 11.3 Å². The van der Waals surface area contributed by atoms with Crippen molar-refractivity contribution < 1.29 is 4.79 Å². The van der Waals surface area contributed by atoms with Crippen molar-refractivity contribution in [2.24, 2.45) is 17.8 Å². The van der Waals surface area contributed by atoms with Crippen LogP contribution in [0, 0.1) is 0 Å². The van der Waals surface area contributed by atoms with Crippen molar-refractivity contribution in [1.82, 2.24) is 24.7 Å². The van der Waals surface area contributed by atoms with Crippen molar-refractivity contribution in [3.05, 3.63) is 41.0 Å². The fraction of sp³-hybridized carbons (Fsp3) is 0.300. The molecule has 0 bridgehead atoms. The molecule has 3 aromatic rings. The highest BCUT2D eigenvalue weighted by molar-refractivity contribution is 7.10. The Morgan fingerprint density at radius 2 is 2.13 bits per heavy atom. The number of likely N-dealkylation sites (N-methyl/N-ethyl adjacent to an activating group) is 1. The molecule has 0 radical (unpaired) electrons. The summed E-state index contributed by atoms with van der Waals surface area (Å²) in [5, 5.41) is 6.80. The van der Waals surface area contributed by atoms with Crippen molar-refractivity contribution in [2.75, 3.05) is 23.9 Å². The van der Waals surface area contributed by atoms with Crippen LogP contribution in [-0.4, -0.2) is 57.0 Å². The molecule has 1 atom stereocenters. The van der Waals surface area contributed by atoms with Crippen LogP contribution in [0.25, 0.3) is 11.3 Å². The first-order valence-electron chi connectivity index (χ1n) is 9.70. The van der Waals surface area contributed by atoms with E-state index in [1.54, 1.807) is 48.5 Å². The summed E-state index contributed by atoms with van der Waals surface area (Å²) in [5.41, 5.74) is 8.80. The second kappa shape index (κ2) is 8.26. The highest BCUT2D eigenvalue weighted by Gasteiger charge is 2.38. The highest BCUT2D eigenvalue weighted by Crippen LogP contribution is 2.39. The Hall–Kier alpha value is -3.60. The van der Waals surface area contributed by atoms with Crippen molar-refractivity contribution in [2.45, 2.75) is 19.4 Å². The average Bonchev–Trinajstić information content (AvgIpc) is 3.45. The molecule has 0 fully saturated rings. The molecular weight excluding hydrogens is 414 g/mol. The van der Waals surface area contributed by atoms with E-state index in [0.29, 0.717) is 40.0 Å². The molecule has 0 saturated heterocycles. The number of aliphatic imine (C=N–C) groups is 1. The maximum atomic E-state index is 13.0. The van der Waals surface area contributed by atoms with Crippen LogP contribution in [0.4, 0.5) is 17.2 Å². The van der Waals surface area contributed by atoms with Gasteiger partial charge in [0.05, 0.1) is 29.4 Å². The van der Waals surface area contributed by atoms with E-state index >= 15 is 0 Å². The number of rotatable bonds is 5. The maximum Gasteiger partial charge on any atom is 0.250 e. The highest BCUT2D eigenvalue weighted by atomic mass is 32.1. The van der Waals surface area contributed by atoms with Gasteiger partial charge in [-0.1, -0.05) is 6.92 Å². The molecule has 0 spiro atoms. The molecular formula is C20H23N9OS. The first-order valence-corrected chi connectivity index (χ1v) is 10.6. The quantitative estimate of drug-likeness (QED) is 0.607. The first-order chi connectivity index (χ1) is 15.0. The number of carbonyl (C=O) groups is 1. The van der Waals surface area contributed by atoms with Crippen LogP contribution in [0.2, 0.25) is 0 Å². The summed E-state index contributed by atoms with van der Waals surface area (Å²) in [6.07, 6.45) is 9.16. The SMILES string of the molecule is CC[C@@H]1C(=O)N(C)c2cnc(C(C=NC)=C(N)c3nccs3)nc2N1c1cnn(C)c1. The lowest BCUT2D eigenvalue weighted by atomic mass is 10.1. The third-order valence-corrected chi connectivity index (χ3v) is 5.88. The Labute approximate surface area is 183 Å². The molecule has 0 unspecified atom stereocenters. The van der Waals surface area contributed by atoms with Crippen molar-refractivity contribution in [3.63, 3.8) is 0 Å². The summed E-state index contributed by atoms with van der Waals surface area (Å²) in [7, 11) is 5.23. The van der Waals surface area contributed by atoms with Crippen LogP contribution in [-0.2, 0) is 11.8 Å². The molecule has 10 nitrogen and oxygen atoms in total. The van der Waals surface area contributed by atoms with Gasteiger partial charge in [0.25, 0.3) is 0 Å². The second-order valence-corrected chi connectivity index (χ2v) is 7.91. The number of aryl methyl sites for hydroxylation is 1. The van der Waals surface area contributed by atoms with Gasteiger partial charge in [0.2, 0.25) is 5.91 Å². The number of hydrogen-bond donors (Lipinski definition) is 1. The monoisotopic (exact) mass is 437 g/mol. The minimum Gasteiger partial charge on any atom is -0.396 e. The number of nitrogens with zero attached hydrogens (tertiary/aromatic N) is 8. The number of fused-ring (bicyclic) bond motifs is 1. The molecule has 0 saturated carbocycles. The number of amides is 1. The fourth-order valence-electron chi connectivity index (χ4n) is 3.55. The predicted molar refractivity (Wildman–Crippen MR) is 122 cm³/mol. The molecule has 0 aliphatic carbocycles. The number of nitrogens with two attached hydrogens (primary N) is 1. The molecule has 1 amide bonds. The van der Waals surface area contributed by atoms with Gasteiger partial charge in [-0.05, 0) is 6.42 Å². The molecule has 31 heavy (non-hydrogen) atoms. The van der Waals surface area contributed by atoms with Crippen molar-refractivity contribution >= 4 is 51.9 Å². The van der Waals surface area contributed by atoms with Gasteiger partial charge in [0, 0.05) is 45.1 Å². The van der Waals surface area contributed by atoms with Crippen LogP contribution in [0.5, 0.6) is 0 Å². The second-order valence-electron chi connectivity index (χ2n) is 7.02. The predicted octanol–water partition coefficient (Wildman–Crippen LogP) is 2.09. The number of allylic oxidation sites excluding steroid dienone is 1. The Morgan fingerprint density at radius 1 is 1.32 bits per heavy atom. The van der Waals surface area contributed by atoms with E-state index in [1.165, 1.54) is 11.3 Å². The minimum atomic E-state index is -0.409. The van der Waals surface area contributed by atoms with Gasteiger partial charge >= 0.3 is 0 Å². The third-order valence-electron chi connectivity index (χ3n) is 5.07. The minimum absolute atomic E-state index is 0.0246. The number of hydrogen-bond acceptors (Lipinski definition) is 9. The van der Waals surface area contributed by atoms with Gasteiger partial charge in [-0.15, -0.1) is 11.3 Å². The van der Waals surface area contributed by atoms with Crippen LogP contribution < -0.4 is 15.5 Å². The Kier molecular flexibility index (Phi) is 5.51. The van der Waals surface area contributed by atoms with Crippen LogP contribution in [0.1, 0.15) is 24.2 Å². The summed E-state index contributed by atoms with van der Waals surface area (Å²) < 4.78 is 1.70. The summed E-state index contributed by atoms with van der Waals surface area (Å²) in [6.45, 7) is 1.97. The normalized spacial score (nSPS) is 17.3. The molecule has 2 N–H and O–H groups in total. The molecule has 160 valence electrons. The average molecular weight is 438 g/mol. The van der Waals surface area contributed by atoms with Gasteiger partial charge in [-0.25, -0.2) is 15.0 Å². The molecule has 0 aromatic carbocycles. The van der Waals surface area contributed by atoms with E-state index < -0.39 is 6.04 Å². The maximum absolute atomic E-state index is 13.0. The number of carbonyl (C=O) groups excluding carboxylic acids is 1. The zero-order valence-corrected chi connectivity index (χ0v) is 18.5. The topological polar surface area (TPSA) is 118 Å². The smallest absolute Gasteiger partial charge is 0.250 e. The van der Waals surface area contributed by atoms with Crippen LogP contribution in [0.3, 0.4) is 0 Å². The Morgan fingerprint density at radius 3 is 2.74 bits per heavy atom. The summed E-state index contributed by atoms with van der Waals surface area (Å²) in [6, 6.07) is -0.409. The van der Waals surface area contributed by atoms with Crippen LogP contribution in [0.15, 0.2) is 35.2 Å². The van der Waals surface area contributed by atoms with E-state index in [1.807, 2.05) is 30.4 Å². The lowest BCUT2D eigenvalue weighted by Gasteiger charge is -2.39. The van der Waals surface area contributed by atoms with Gasteiger partial charge in [-0.3, -0.25) is 14.5 Å². The summed E-state index contributed by atoms with van der Waals surface area (Å²) in [5.74, 6) is 0.993. The van der Waals surface area contributed by atoms with Gasteiger partial charge < -0.3 is 15.5 Å². The summed E-state index contributed by atoms with van der Waals surface area (Å²) in [4.78, 5) is 34.3. The molecule has 4 rings (SSSR count). The van der Waals surface area contributed by atoms with E-state index in [0.717, 1.165) is 5.69 Å². The lowest BCUT2D eigenvalue weighted by Crippen LogP contribution is -2.50. The molecule has 4 heterocycles. The molecule has 3 aromatic heterocycles. The number of thiazole rings is 1. The largest absolute Gasteiger partial charge is 0.396 e. The Bertz CT molecular complexity index is 1170. The van der Waals surface area contributed by atoms with E-state index in [2.05, 4.69) is 20.1 Å². The first kappa shape index (κ1) is 20.7. The molecule has 11 heteroatoms. The Balaban J connectivity index is 1.92. The number of anilines is 3. The molecule has 1 aliphatic heterocycles. The third kappa shape index (κ3) is 3.56. The standard InChI is InChI=1S/C20H23N9OS/c1-5-14-20(30)28(4)15-10-24-17(13(9-22-2)16(21)19-23-6-7-31-19)26-18(15)29(14)12-8-25-27(3)11-12/h6-11,14H,5,21H2,1-4H3/t14-/m1/s1. The lowest BCUT2D eigenvalue weighted by molar-refractivity contribution is -0.119. The zero-order valence-electron chi connectivity index (χ0n) is 17.7. The van der Waals surface area contributed by atoms with Gasteiger partial charge in [-0.2, -0.15) is 5.10 Å².